The first-order valence-corrected chi connectivity index (χ1v) is 9.06. The van der Waals surface area contributed by atoms with E-state index in [-0.39, 0.29) is 0 Å². The third-order valence-electron chi connectivity index (χ3n) is 4.98. The lowest BCUT2D eigenvalue weighted by molar-refractivity contribution is 0.209. The van der Waals surface area contributed by atoms with Crippen LogP contribution in [-0.2, 0) is 13.0 Å². The van der Waals surface area contributed by atoms with E-state index in [9.17, 15) is 0 Å². The van der Waals surface area contributed by atoms with Crippen molar-refractivity contribution >= 4 is 0 Å². The van der Waals surface area contributed by atoms with Crippen molar-refractivity contribution in [3.8, 4) is 11.5 Å². The van der Waals surface area contributed by atoms with Gasteiger partial charge >= 0.3 is 0 Å². The number of ether oxygens (including phenoxy) is 2. The fourth-order valence-electron chi connectivity index (χ4n) is 3.65. The third-order valence-corrected chi connectivity index (χ3v) is 4.98. The Morgan fingerprint density at radius 1 is 1.04 bits per heavy atom. The second-order valence-electron chi connectivity index (χ2n) is 6.87. The maximum atomic E-state index is 6.10. The van der Waals surface area contributed by atoms with E-state index in [1.165, 1.54) is 36.8 Å². The van der Waals surface area contributed by atoms with Crippen LogP contribution in [0.2, 0.25) is 0 Å². The normalized spacial score (nSPS) is 20.4. The molecule has 1 fully saturated rings. The van der Waals surface area contributed by atoms with Gasteiger partial charge in [0.25, 0.3) is 0 Å². The lowest BCUT2D eigenvalue weighted by Gasteiger charge is -2.26. The summed E-state index contributed by atoms with van der Waals surface area (Å²) in [5, 5.41) is 3.62. The van der Waals surface area contributed by atoms with Gasteiger partial charge in [-0.15, -0.1) is 0 Å². The second-order valence-corrected chi connectivity index (χ2v) is 6.87. The molecule has 2 aliphatic rings. The molecule has 0 saturated heterocycles. The van der Waals surface area contributed by atoms with E-state index >= 15 is 0 Å². The third kappa shape index (κ3) is 3.73. The van der Waals surface area contributed by atoms with Gasteiger partial charge in [0.1, 0.15) is 18.1 Å². The van der Waals surface area contributed by atoms with Crippen LogP contribution in [0.25, 0.3) is 0 Å². The van der Waals surface area contributed by atoms with Crippen LogP contribution in [0, 0.1) is 0 Å². The minimum absolute atomic E-state index is 0.360. The Hall–Kier alpha value is -2.00. The summed E-state index contributed by atoms with van der Waals surface area (Å²) in [6.45, 7) is 1.58. The van der Waals surface area contributed by atoms with Crippen LogP contribution in [-0.4, -0.2) is 18.8 Å². The van der Waals surface area contributed by atoms with Crippen LogP contribution in [0.3, 0.4) is 0 Å². The summed E-state index contributed by atoms with van der Waals surface area (Å²) in [4.78, 5) is 0. The highest BCUT2D eigenvalue weighted by Gasteiger charge is 2.19. The van der Waals surface area contributed by atoms with Crippen molar-refractivity contribution in [2.75, 3.05) is 6.61 Å². The first-order chi connectivity index (χ1) is 11.9. The molecule has 1 aliphatic carbocycles. The molecule has 2 aromatic carbocycles. The molecule has 1 aliphatic heterocycles. The molecule has 0 aromatic heterocycles. The van der Waals surface area contributed by atoms with Gasteiger partial charge in [-0.3, -0.25) is 0 Å². The van der Waals surface area contributed by atoms with Crippen LogP contribution in [0.4, 0.5) is 0 Å². The maximum Gasteiger partial charge on any atom is 0.122 e. The summed E-state index contributed by atoms with van der Waals surface area (Å²) in [7, 11) is 0. The van der Waals surface area contributed by atoms with Crippen LogP contribution in [0.15, 0.2) is 48.5 Å². The molecule has 1 saturated carbocycles. The Kier molecular flexibility index (Phi) is 4.70. The van der Waals surface area contributed by atoms with E-state index in [0.717, 1.165) is 31.1 Å². The Morgan fingerprint density at radius 3 is 2.83 bits per heavy atom. The van der Waals surface area contributed by atoms with E-state index in [1.54, 1.807) is 0 Å². The number of benzene rings is 2. The summed E-state index contributed by atoms with van der Waals surface area (Å²) in [6, 6.07) is 17.2. The van der Waals surface area contributed by atoms with Crippen LogP contribution in [0.1, 0.15) is 36.8 Å². The molecule has 0 spiro atoms. The molecule has 24 heavy (non-hydrogen) atoms. The van der Waals surface area contributed by atoms with Crippen LogP contribution < -0.4 is 14.8 Å². The van der Waals surface area contributed by atoms with Crippen molar-refractivity contribution in [3.05, 3.63) is 59.7 Å². The van der Waals surface area contributed by atoms with Gasteiger partial charge < -0.3 is 14.8 Å². The highest BCUT2D eigenvalue weighted by molar-refractivity contribution is 5.35. The highest BCUT2D eigenvalue weighted by atomic mass is 16.5. The molecular weight excluding hydrogens is 298 g/mol. The summed E-state index contributed by atoms with van der Waals surface area (Å²) in [5.41, 5.74) is 2.56. The maximum absolute atomic E-state index is 6.10. The molecule has 2 aromatic rings. The molecule has 3 heteroatoms. The van der Waals surface area contributed by atoms with Gasteiger partial charge in [0, 0.05) is 12.6 Å². The van der Waals surface area contributed by atoms with Crippen LogP contribution >= 0.6 is 0 Å². The average molecular weight is 323 g/mol. The molecule has 1 atom stereocenters. The van der Waals surface area contributed by atoms with E-state index in [4.69, 9.17) is 9.47 Å². The number of hydrogen-bond acceptors (Lipinski definition) is 3. The van der Waals surface area contributed by atoms with Gasteiger partial charge in [-0.1, -0.05) is 30.3 Å². The standard InChI is InChI=1S/C21H25NO2/c1-4-11-21-17(7-1)13-18(15-23-21)22-14-16-6-5-10-20(12-16)24-19-8-2-3-9-19/h1,4-7,10-12,18-19,22H,2-3,8-9,13-15H2. The molecular formula is C21H25NO2. The lowest BCUT2D eigenvalue weighted by Crippen LogP contribution is -2.38. The van der Waals surface area contributed by atoms with Crippen molar-refractivity contribution in [2.24, 2.45) is 0 Å². The molecule has 1 unspecified atom stereocenters. The monoisotopic (exact) mass is 323 g/mol. The summed E-state index contributed by atoms with van der Waals surface area (Å²) < 4.78 is 12.0. The van der Waals surface area contributed by atoms with Crippen molar-refractivity contribution in [1.82, 2.24) is 5.32 Å². The Morgan fingerprint density at radius 2 is 1.92 bits per heavy atom. The average Bonchev–Trinajstić information content (AvgIpc) is 3.13. The minimum atomic E-state index is 0.360. The lowest BCUT2D eigenvalue weighted by atomic mass is 10.0. The summed E-state index contributed by atoms with van der Waals surface area (Å²) in [6.07, 6.45) is 6.43. The number of rotatable bonds is 5. The summed E-state index contributed by atoms with van der Waals surface area (Å²) in [5.74, 6) is 2.04. The van der Waals surface area contributed by atoms with Gasteiger partial charge in [-0.25, -0.2) is 0 Å². The number of para-hydroxylation sites is 1. The minimum Gasteiger partial charge on any atom is -0.492 e. The Balaban J connectivity index is 1.33. The van der Waals surface area contributed by atoms with Gasteiger partial charge in [0.2, 0.25) is 0 Å². The first-order valence-electron chi connectivity index (χ1n) is 9.06. The van der Waals surface area contributed by atoms with Crippen LogP contribution in [0.5, 0.6) is 11.5 Å². The number of hydrogen-bond donors (Lipinski definition) is 1. The van der Waals surface area contributed by atoms with Gasteiger partial charge in [0.15, 0.2) is 0 Å². The predicted molar refractivity (Wildman–Crippen MR) is 95.6 cm³/mol. The molecule has 0 radical (unpaired) electrons. The second kappa shape index (κ2) is 7.27. The van der Waals surface area contributed by atoms with Crippen molar-refractivity contribution < 1.29 is 9.47 Å². The largest absolute Gasteiger partial charge is 0.492 e. The van der Waals surface area contributed by atoms with E-state index < -0.39 is 0 Å². The molecule has 1 heterocycles. The van der Waals surface area contributed by atoms with Gasteiger partial charge in [0.05, 0.1) is 6.10 Å². The number of nitrogens with one attached hydrogen (secondary N) is 1. The molecule has 0 amide bonds. The summed E-state index contributed by atoms with van der Waals surface area (Å²) >= 11 is 0. The zero-order valence-corrected chi connectivity index (χ0v) is 14.0. The van der Waals surface area contributed by atoms with Crippen molar-refractivity contribution in [1.29, 1.82) is 0 Å². The molecule has 126 valence electrons. The first kappa shape index (κ1) is 15.5. The quantitative estimate of drug-likeness (QED) is 0.898. The van der Waals surface area contributed by atoms with Crippen molar-refractivity contribution in [3.63, 3.8) is 0 Å². The molecule has 1 N–H and O–H groups in total. The predicted octanol–water partition coefficient (Wildman–Crippen LogP) is 4.10. The highest BCUT2D eigenvalue weighted by Crippen LogP contribution is 2.26. The molecule has 4 rings (SSSR count). The van der Waals surface area contributed by atoms with E-state index in [1.807, 2.05) is 6.07 Å². The van der Waals surface area contributed by atoms with Crippen molar-refractivity contribution in [2.45, 2.75) is 50.8 Å². The van der Waals surface area contributed by atoms with Gasteiger partial charge in [-0.2, -0.15) is 0 Å². The zero-order chi connectivity index (χ0) is 16.2. The Bertz CT molecular complexity index is 679. The zero-order valence-electron chi connectivity index (χ0n) is 14.0. The van der Waals surface area contributed by atoms with Gasteiger partial charge in [-0.05, 0) is 61.4 Å². The SMILES string of the molecule is c1cc(CNC2COc3ccccc3C2)cc(OC2CCCC2)c1. The van der Waals surface area contributed by atoms with E-state index in [0.29, 0.717) is 12.1 Å². The fraction of sp³-hybridized carbons (Fsp3) is 0.429. The smallest absolute Gasteiger partial charge is 0.122 e. The Labute approximate surface area is 144 Å². The fourth-order valence-corrected chi connectivity index (χ4v) is 3.65. The molecule has 0 bridgehead atoms. The molecule has 3 nitrogen and oxygen atoms in total. The topological polar surface area (TPSA) is 30.5 Å². The van der Waals surface area contributed by atoms with E-state index in [2.05, 4.69) is 47.8 Å². The number of fused-ring (bicyclic) bond motifs is 1.